The van der Waals surface area contributed by atoms with Gasteiger partial charge in [0.2, 0.25) is 5.72 Å². The van der Waals surface area contributed by atoms with Crippen LogP contribution in [0.5, 0.6) is 5.75 Å². The second kappa shape index (κ2) is 4.84. The first kappa shape index (κ1) is 14.1. The van der Waals surface area contributed by atoms with Crippen LogP contribution in [-0.4, -0.2) is 17.9 Å². The van der Waals surface area contributed by atoms with Crippen LogP contribution in [0.2, 0.25) is 0 Å². The molecular weight excluding hydrogens is 337 g/mol. The van der Waals surface area contributed by atoms with E-state index in [0.29, 0.717) is 16.9 Å². The minimum absolute atomic E-state index is 0.135. The number of hydrogen-bond acceptors (Lipinski definition) is 2. The summed E-state index contributed by atoms with van der Waals surface area (Å²) in [6.07, 6.45) is 0. The average molecular weight is 350 g/mol. The zero-order valence-electron chi connectivity index (χ0n) is 11.6. The molecule has 0 radical (unpaired) electrons. The molecule has 3 rings (SSSR count). The van der Waals surface area contributed by atoms with Crippen molar-refractivity contribution >= 4 is 21.8 Å². The number of halogens is 2. The fourth-order valence-corrected chi connectivity index (χ4v) is 2.79. The van der Waals surface area contributed by atoms with Gasteiger partial charge in [0.15, 0.2) is 0 Å². The monoisotopic (exact) mass is 349 g/mol. The maximum atomic E-state index is 13.1. The van der Waals surface area contributed by atoms with E-state index >= 15 is 0 Å². The molecule has 5 heteroatoms. The van der Waals surface area contributed by atoms with E-state index < -0.39 is 5.72 Å². The minimum atomic E-state index is -0.967. The number of benzene rings is 2. The van der Waals surface area contributed by atoms with Crippen LogP contribution in [0.3, 0.4) is 0 Å². The predicted octanol–water partition coefficient (Wildman–Crippen LogP) is 3.93. The fourth-order valence-electron chi connectivity index (χ4n) is 2.43. The average Bonchev–Trinajstić information content (AvgIpc) is 2.47. The highest BCUT2D eigenvalue weighted by atomic mass is 79.9. The van der Waals surface area contributed by atoms with Crippen LogP contribution >= 0.6 is 15.9 Å². The van der Waals surface area contributed by atoms with Crippen molar-refractivity contribution in [1.29, 1.82) is 0 Å². The number of ether oxygens (including phenoxy) is 1. The second-order valence-electron chi connectivity index (χ2n) is 5.10. The third-order valence-electron chi connectivity index (χ3n) is 3.81. The van der Waals surface area contributed by atoms with E-state index in [4.69, 9.17) is 4.74 Å². The molecule has 108 valence electrons. The molecule has 2 aromatic rings. The van der Waals surface area contributed by atoms with Crippen LogP contribution in [0, 0.1) is 5.82 Å². The lowest BCUT2D eigenvalue weighted by Crippen LogP contribution is -2.52. The van der Waals surface area contributed by atoms with Gasteiger partial charge in [-0.1, -0.05) is 28.1 Å². The topological polar surface area (TPSA) is 29.5 Å². The molecule has 3 nitrogen and oxygen atoms in total. The van der Waals surface area contributed by atoms with Crippen LogP contribution < -0.4 is 4.74 Å². The summed E-state index contributed by atoms with van der Waals surface area (Å²) in [5.74, 6) is 0.0639. The number of hydrogen-bond donors (Lipinski definition) is 0. The number of amides is 1. The van der Waals surface area contributed by atoms with Crippen LogP contribution in [-0.2, 0) is 5.72 Å². The van der Waals surface area contributed by atoms with Gasteiger partial charge in [-0.15, -0.1) is 0 Å². The van der Waals surface area contributed by atoms with E-state index in [9.17, 15) is 9.18 Å². The van der Waals surface area contributed by atoms with E-state index in [1.807, 2.05) is 6.07 Å². The van der Waals surface area contributed by atoms with Gasteiger partial charge in [-0.3, -0.25) is 9.69 Å². The van der Waals surface area contributed by atoms with Gasteiger partial charge in [0.05, 0.1) is 5.56 Å². The summed E-state index contributed by atoms with van der Waals surface area (Å²) < 4.78 is 20.0. The van der Waals surface area contributed by atoms with Crippen LogP contribution in [0.4, 0.5) is 4.39 Å². The van der Waals surface area contributed by atoms with Crippen molar-refractivity contribution in [3.05, 3.63) is 63.9 Å². The van der Waals surface area contributed by atoms with Crippen LogP contribution in [0.25, 0.3) is 0 Å². The van der Waals surface area contributed by atoms with E-state index in [0.717, 1.165) is 4.47 Å². The second-order valence-corrected chi connectivity index (χ2v) is 6.01. The zero-order chi connectivity index (χ0) is 15.2. The van der Waals surface area contributed by atoms with Gasteiger partial charge in [0, 0.05) is 17.1 Å². The van der Waals surface area contributed by atoms with Gasteiger partial charge in [-0.25, -0.2) is 4.39 Å². The highest BCUT2D eigenvalue weighted by Gasteiger charge is 2.42. The van der Waals surface area contributed by atoms with Crippen molar-refractivity contribution < 1.29 is 13.9 Å². The Morgan fingerprint density at radius 3 is 2.52 bits per heavy atom. The lowest BCUT2D eigenvalue weighted by molar-refractivity contribution is -0.0557. The Balaban J connectivity index is 2.11. The lowest BCUT2D eigenvalue weighted by Gasteiger charge is -2.43. The Hall–Kier alpha value is -1.88. The molecule has 1 aliphatic rings. The first-order valence-electron chi connectivity index (χ1n) is 6.44. The zero-order valence-corrected chi connectivity index (χ0v) is 13.1. The van der Waals surface area contributed by atoms with E-state index in [-0.39, 0.29) is 11.7 Å². The molecule has 0 saturated heterocycles. The normalized spacial score (nSPS) is 21.0. The van der Waals surface area contributed by atoms with Crippen LogP contribution in [0.1, 0.15) is 22.8 Å². The number of rotatable bonds is 1. The summed E-state index contributed by atoms with van der Waals surface area (Å²) in [6, 6.07) is 11.3. The molecule has 1 unspecified atom stereocenters. The number of carbonyl (C=O) groups is 1. The third-order valence-corrected chi connectivity index (χ3v) is 4.30. The molecule has 2 aromatic carbocycles. The van der Waals surface area contributed by atoms with Crippen molar-refractivity contribution in [3.8, 4) is 5.75 Å². The largest absolute Gasteiger partial charge is 0.463 e. The molecule has 1 amide bonds. The molecule has 21 heavy (non-hydrogen) atoms. The van der Waals surface area contributed by atoms with Gasteiger partial charge in [-0.05, 0) is 37.3 Å². The summed E-state index contributed by atoms with van der Waals surface area (Å²) in [5.41, 5.74) is 0.255. The standard InChI is InChI=1S/C16H13BrFNO2/c1-16(10-3-6-12(18)7-4-10)19(2)15(20)13-9-11(17)5-8-14(13)21-16/h3-9H,1-2H3. The Bertz CT molecular complexity index is 717. The van der Waals surface area contributed by atoms with Crippen molar-refractivity contribution in [2.24, 2.45) is 0 Å². The van der Waals surface area contributed by atoms with Gasteiger partial charge in [0.1, 0.15) is 11.6 Å². The van der Waals surface area contributed by atoms with E-state index in [1.165, 1.54) is 17.0 Å². The molecule has 0 N–H and O–H groups in total. The SMILES string of the molecule is CN1C(=O)c2cc(Br)ccc2OC1(C)c1ccc(F)cc1. The molecular formula is C16H13BrFNO2. The van der Waals surface area contributed by atoms with Crippen molar-refractivity contribution in [2.45, 2.75) is 12.6 Å². The Kier molecular flexibility index (Phi) is 3.24. The third kappa shape index (κ3) is 2.21. The molecule has 1 aliphatic heterocycles. The Labute approximate surface area is 130 Å². The van der Waals surface area contributed by atoms with Gasteiger partial charge in [0.25, 0.3) is 5.91 Å². The number of carbonyl (C=O) groups excluding carboxylic acids is 1. The highest BCUT2D eigenvalue weighted by molar-refractivity contribution is 9.10. The first-order chi connectivity index (χ1) is 9.91. The lowest BCUT2D eigenvalue weighted by atomic mass is 9.99. The maximum absolute atomic E-state index is 13.1. The Morgan fingerprint density at radius 1 is 1.19 bits per heavy atom. The number of fused-ring (bicyclic) bond motifs is 1. The predicted molar refractivity (Wildman–Crippen MR) is 80.6 cm³/mol. The molecule has 0 spiro atoms. The van der Waals surface area contributed by atoms with E-state index in [2.05, 4.69) is 15.9 Å². The number of nitrogens with zero attached hydrogens (tertiary/aromatic N) is 1. The fraction of sp³-hybridized carbons (Fsp3) is 0.188. The minimum Gasteiger partial charge on any atom is -0.463 e. The van der Waals surface area contributed by atoms with Crippen LogP contribution in [0.15, 0.2) is 46.9 Å². The molecule has 1 atom stereocenters. The van der Waals surface area contributed by atoms with Gasteiger partial charge < -0.3 is 4.74 Å². The molecule has 0 aliphatic carbocycles. The van der Waals surface area contributed by atoms with Gasteiger partial charge >= 0.3 is 0 Å². The Morgan fingerprint density at radius 2 is 1.86 bits per heavy atom. The summed E-state index contributed by atoms with van der Waals surface area (Å²) >= 11 is 3.35. The van der Waals surface area contributed by atoms with Crippen molar-refractivity contribution in [1.82, 2.24) is 4.90 Å². The molecule has 0 fully saturated rings. The first-order valence-corrected chi connectivity index (χ1v) is 7.24. The summed E-state index contributed by atoms with van der Waals surface area (Å²) in [4.78, 5) is 14.1. The van der Waals surface area contributed by atoms with Crippen molar-refractivity contribution in [2.75, 3.05) is 7.05 Å². The molecule has 1 heterocycles. The molecule has 0 aromatic heterocycles. The maximum Gasteiger partial charge on any atom is 0.260 e. The quantitative estimate of drug-likeness (QED) is 0.780. The summed E-state index contributed by atoms with van der Waals surface area (Å²) in [6.45, 7) is 1.79. The highest BCUT2D eigenvalue weighted by Crippen LogP contribution is 2.39. The summed E-state index contributed by atoms with van der Waals surface area (Å²) in [7, 11) is 1.68. The smallest absolute Gasteiger partial charge is 0.260 e. The van der Waals surface area contributed by atoms with E-state index in [1.54, 1.807) is 38.2 Å². The van der Waals surface area contributed by atoms with Crippen molar-refractivity contribution in [3.63, 3.8) is 0 Å². The molecule has 0 saturated carbocycles. The molecule has 0 bridgehead atoms. The van der Waals surface area contributed by atoms with Gasteiger partial charge in [-0.2, -0.15) is 0 Å². The summed E-state index contributed by atoms with van der Waals surface area (Å²) in [5, 5.41) is 0.